The number of carbonyl (C=O) groups is 1. The Balaban J connectivity index is 1.27. The lowest BCUT2D eigenvalue weighted by Gasteiger charge is -2.34. The monoisotopic (exact) mass is 444 g/mol. The summed E-state index contributed by atoms with van der Waals surface area (Å²) in [5, 5.41) is 2.69. The third kappa shape index (κ3) is 5.43. The summed E-state index contributed by atoms with van der Waals surface area (Å²) in [6.45, 7) is 7.32. The molecule has 2 aliphatic heterocycles. The number of hydrogen-bond donors (Lipinski definition) is 2. The number of ether oxygens (including phenoxy) is 1. The van der Waals surface area contributed by atoms with Crippen LogP contribution in [0.3, 0.4) is 0 Å². The minimum absolute atomic E-state index is 0.112. The zero-order chi connectivity index (χ0) is 21.8. The van der Waals surface area contributed by atoms with Crippen molar-refractivity contribution in [3.8, 4) is 5.75 Å². The molecule has 0 saturated carbocycles. The minimum atomic E-state index is -3.67. The van der Waals surface area contributed by atoms with Gasteiger partial charge in [0, 0.05) is 51.9 Å². The van der Waals surface area contributed by atoms with Gasteiger partial charge in [0.1, 0.15) is 5.75 Å². The fourth-order valence-corrected chi connectivity index (χ4v) is 5.19. The van der Waals surface area contributed by atoms with Gasteiger partial charge >= 0.3 is 0 Å². The van der Waals surface area contributed by atoms with Crippen LogP contribution in [0.25, 0.3) is 0 Å². The average molecular weight is 445 g/mol. The highest BCUT2D eigenvalue weighted by Gasteiger charge is 2.24. The van der Waals surface area contributed by atoms with E-state index in [1.54, 1.807) is 13.0 Å². The molecule has 1 saturated heterocycles. The smallest absolute Gasteiger partial charge is 0.262 e. The van der Waals surface area contributed by atoms with Crippen molar-refractivity contribution in [3.63, 3.8) is 0 Å². The molecule has 0 spiro atoms. The fraction of sp³-hybridized carbons (Fsp3) is 0.409. The average Bonchev–Trinajstić information content (AvgIpc) is 2.75. The summed E-state index contributed by atoms with van der Waals surface area (Å²) >= 11 is 0. The Labute approximate surface area is 183 Å². The van der Waals surface area contributed by atoms with Crippen LogP contribution < -0.4 is 14.8 Å². The van der Waals surface area contributed by atoms with Gasteiger partial charge in [0.2, 0.25) is 10.0 Å². The number of aryl methyl sites for hydroxylation is 1. The number of nitrogens with zero attached hydrogens (tertiary/aromatic N) is 2. The minimum Gasteiger partial charge on any atom is -0.482 e. The number of amides is 1. The number of anilines is 1. The zero-order valence-corrected chi connectivity index (χ0v) is 18.5. The van der Waals surface area contributed by atoms with Gasteiger partial charge in [-0.15, -0.1) is 0 Å². The van der Waals surface area contributed by atoms with Gasteiger partial charge in [0.25, 0.3) is 5.91 Å². The normalized spacial score (nSPS) is 17.6. The maximum Gasteiger partial charge on any atom is 0.262 e. The highest BCUT2D eigenvalue weighted by atomic mass is 32.2. The van der Waals surface area contributed by atoms with Crippen molar-refractivity contribution in [2.45, 2.75) is 18.4 Å². The number of nitrogens with one attached hydrogen (secondary N) is 2. The van der Waals surface area contributed by atoms with Crippen molar-refractivity contribution in [1.29, 1.82) is 0 Å². The predicted octanol–water partition coefficient (Wildman–Crippen LogP) is 1.42. The molecule has 0 bridgehead atoms. The summed E-state index contributed by atoms with van der Waals surface area (Å²) < 4.78 is 33.7. The molecule has 2 aliphatic rings. The van der Waals surface area contributed by atoms with E-state index in [1.165, 1.54) is 11.6 Å². The van der Waals surface area contributed by atoms with Gasteiger partial charge in [0.05, 0.1) is 10.6 Å². The van der Waals surface area contributed by atoms with Crippen molar-refractivity contribution in [2.75, 3.05) is 51.2 Å². The summed E-state index contributed by atoms with van der Waals surface area (Å²) in [7, 11) is -3.67. The largest absolute Gasteiger partial charge is 0.482 e. The van der Waals surface area contributed by atoms with Crippen LogP contribution in [0.1, 0.15) is 11.1 Å². The first-order valence-corrected chi connectivity index (χ1v) is 11.9. The predicted molar refractivity (Wildman–Crippen MR) is 119 cm³/mol. The molecule has 9 heteroatoms. The van der Waals surface area contributed by atoms with Crippen LogP contribution in [0.5, 0.6) is 5.75 Å². The quantitative estimate of drug-likeness (QED) is 0.671. The number of fused-ring (bicyclic) bond motifs is 1. The molecular formula is C22H28N4O4S. The van der Waals surface area contributed by atoms with Gasteiger partial charge in [0.15, 0.2) is 6.61 Å². The van der Waals surface area contributed by atoms with Crippen molar-refractivity contribution >= 4 is 21.6 Å². The third-order valence-electron chi connectivity index (χ3n) is 5.63. The SMILES string of the molecule is Cc1cc2c(cc1S(=O)(=O)NCCN1CCN(Cc3ccccc3)CC1)OCC(=O)N2. The van der Waals surface area contributed by atoms with E-state index in [0.717, 1.165) is 32.7 Å². The fourth-order valence-electron chi connectivity index (χ4n) is 3.93. The van der Waals surface area contributed by atoms with Crippen LogP contribution in [-0.4, -0.2) is 70.0 Å². The third-order valence-corrected chi connectivity index (χ3v) is 7.24. The van der Waals surface area contributed by atoms with Crippen LogP contribution in [0, 0.1) is 6.92 Å². The zero-order valence-electron chi connectivity index (χ0n) is 17.6. The molecule has 2 aromatic rings. The van der Waals surface area contributed by atoms with E-state index in [4.69, 9.17) is 4.74 Å². The van der Waals surface area contributed by atoms with Crippen LogP contribution in [0.2, 0.25) is 0 Å². The standard InChI is InChI=1S/C22H28N4O4S/c1-17-13-19-20(30-16-22(27)24-19)14-21(17)31(28,29)23-7-8-25-9-11-26(12-10-25)15-18-5-3-2-4-6-18/h2-6,13-14,23H,7-12,15-16H2,1H3,(H,24,27). The lowest BCUT2D eigenvalue weighted by Crippen LogP contribution is -2.48. The van der Waals surface area contributed by atoms with E-state index in [-0.39, 0.29) is 17.4 Å². The van der Waals surface area contributed by atoms with Crippen molar-refractivity contribution in [1.82, 2.24) is 14.5 Å². The molecule has 166 valence electrons. The molecule has 1 fully saturated rings. The number of piperazine rings is 1. The van der Waals surface area contributed by atoms with Gasteiger partial charge in [-0.25, -0.2) is 13.1 Å². The topological polar surface area (TPSA) is 91.0 Å². The highest BCUT2D eigenvalue weighted by Crippen LogP contribution is 2.32. The molecule has 4 rings (SSSR count). The Morgan fingerprint density at radius 1 is 1.06 bits per heavy atom. The van der Waals surface area contributed by atoms with Crippen LogP contribution in [0.15, 0.2) is 47.4 Å². The van der Waals surface area contributed by atoms with E-state index in [1.807, 2.05) is 6.07 Å². The highest BCUT2D eigenvalue weighted by molar-refractivity contribution is 7.89. The van der Waals surface area contributed by atoms with E-state index in [2.05, 4.69) is 44.1 Å². The molecule has 0 radical (unpaired) electrons. The lowest BCUT2D eigenvalue weighted by molar-refractivity contribution is -0.118. The van der Waals surface area contributed by atoms with Crippen LogP contribution >= 0.6 is 0 Å². The molecule has 0 atom stereocenters. The first kappa shape index (κ1) is 21.8. The Morgan fingerprint density at radius 2 is 1.77 bits per heavy atom. The van der Waals surface area contributed by atoms with E-state index < -0.39 is 10.0 Å². The summed E-state index contributed by atoms with van der Waals surface area (Å²) in [5.74, 6) is 0.129. The number of hydrogen-bond acceptors (Lipinski definition) is 6. The summed E-state index contributed by atoms with van der Waals surface area (Å²) in [5.41, 5.74) is 2.38. The first-order chi connectivity index (χ1) is 14.9. The van der Waals surface area contributed by atoms with Gasteiger partial charge in [-0.3, -0.25) is 14.6 Å². The second kappa shape index (κ2) is 9.35. The molecule has 0 aliphatic carbocycles. The van der Waals surface area contributed by atoms with Gasteiger partial charge in [-0.05, 0) is 24.1 Å². The van der Waals surface area contributed by atoms with Crippen LogP contribution in [0.4, 0.5) is 5.69 Å². The Bertz CT molecular complexity index is 1030. The molecule has 2 heterocycles. The summed E-state index contributed by atoms with van der Waals surface area (Å²) in [6.07, 6.45) is 0. The van der Waals surface area contributed by atoms with E-state index >= 15 is 0 Å². The molecular weight excluding hydrogens is 416 g/mol. The number of rotatable bonds is 7. The molecule has 1 amide bonds. The van der Waals surface area contributed by atoms with Crippen molar-refractivity contribution in [3.05, 3.63) is 53.6 Å². The van der Waals surface area contributed by atoms with Gasteiger partial charge in [-0.2, -0.15) is 0 Å². The second-order valence-corrected chi connectivity index (χ2v) is 9.69. The van der Waals surface area contributed by atoms with Crippen molar-refractivity contribution in [2.24, 2.45) is 0 Å². The Hall–Kier alpha value is -2.46. The first-order valence-electron chi connectivity index (χ1n) is 10.5. The number of carbonyl (C=O) groups excluding carboxylic acids is 1. The molecule has 0 aromatic heterocycles. The van der Waals surface area contributed by atoms with Crippen LogP contribution in [-0.2, 0) is 21.4 Å². The lowest BCUT2D eigenvalue weighted by atomic mass is 10.2. The molecule has 8 nitrogen and oxygen atoms in total. The van der Waals surface area contributed by atoms with E-state index in [9.17, 15) is 13.2 Å². The number of benzene rings is 2. The number of sulfonamides is 1. The summed E-state index contributed by atoms with van der Waals surface area (Å²) in [6, 6.07) is 13.5. The maximum absolute atomic E-state index is 12.8. The molecule has 0 unspecified atom stereocenters. The molecule has 31 heavy (non-hydrogen) atoms. The molecule has 2 N–H and O–H groups in total. The Kier molecular flexibility index (Phi) is 6.57. The summed E-state index contributed by atoms with van der Waals surface area (Å²) in [4.78, 5) is 16.3. The van der Waals surface area contributed by atoms with E-state index in [0.29, 0.717) is 30.1 Å². The maximum atomic E-state index is 12.8. The van der Waals surface area contributed by atoms with Gasteiger partial charge in [-0.1, -0.05) is 30.3 Å². The Morgan fingerprint density at radius 3 is 2.52 bits per heavy atom. The van der Waals surface area contributed by atoms with Crippen molar-refractivity contribution < 1.29 is 17.9 Å². The molecule has 2 aromatic carbocycles. The second-order valence-electron chi connectivity index (χ2n) is 7.95. The van der Waals surface area contributed by atoms with Gasteiger partial charge < -0.3 is 10.1 Å².